The Morgan fingerprint density at radius 3 is 2.77 bits per heavy atom. The summed E-state index contributed by atoms with van der Waals surface area (Å²) in [6, 6.07) is 15.5. The molecule has 4 nitrogen and oxygen atoms in total. The molecule has 3 heterocycles. The van der Waals surface area contributed by atoms with Crippen LogP contribution in [-0.2, 0) is 6.54 Å². The Hall–Kier alpha value is -1.76. The van der Waals surface area contributed by atoms with Gasteiger partial charge in [0.25, 0.3) is 0 Å². The second-order valence-electron chi connectivity index (χ2n) is 7.04. The SMILES string of the molecule is CN1CSc2cc(CN3CCN(c4nsc5ccccc45)CC3)ccc21. The number of nitrogens with zero attached hydrogens (tertiary/aromatic N) is 4. The van der Waals surface area contributed by atoms with Gasteiger partial charge in [0.05, 0.1) is 16.3 Å². The third kappa shape index (κ3) is 2.96. The van der Waals surface area contributed by atoms with Gasteiger partial charge < -0.3 is 9.80 Å². The van der Waals surface area contributed by atoms with E-state index in [2.05, 4.69) is 64.2 Å². The van der Waals surface area contributed by atoms with Crippen LogP contribution in [0.3, 0.4) is 0 Å². The van der Waals surface area contributed by atoms with Crippen molar-refractivity contribution in [2.24, 2.45) is 0 Å². The van der Waals surface area contributed by atoms with Crippen LogP contribution in [0.15, 0.2) is 47.4 Å². The standard InChI is InChI=1S/C20H22N4S2/c1-22-14-25-19-12-15(6-7-17(19)22)13-23-8-10-24(11-9-23)20-16-4-2-3-5-18(16)26-21-20/h2-7,12H,8-11,13-14H2,1H3. The minimum absolute atomic E-state index is 1.04. The van der Waals surface area contributed by atoms with Gasteiger partial charge in [0.1, 0.15) is 5.82 Å². The maximum Gasteiger partial charge on any atom is 0.150 e. The highest BCUT2D eigenvalue weighted by Crippen LogP contribution is 2.38. The molecule has 2 aliphatic rings. The number of piperazine rings is 1. The molecule has 0 atom stereocenters. The third-order valence-electron chi connectivity index (χ3n) is 5.29. The van der Waals surface area contributed by atoms with Crippen LogP contribution >= 0.6 is 23.3 Å². The fourth-order valence-electron chi connectivity index (χ4n) is 3.80. The van der Waals surface area contributed by atoms with E-state index in [1.54, 1.807) is 11.5 Å². The Labute approximate surface area is 162 Å². The minimum atomic E-state index is 1.04. The van der Waals surface area contributed by atoms with Crippen molar-refractivity contribution in [1.29, 1.82) is 0 Å². The number of benzene rings is 2. The van der Waals surface area contributed by atoms with Gasteiger partial charge >= 0.3 is 0 Å². The van der Waals surface area contributed by atoms with Gasteiger partial charge in [-0.25, -0.2) is 0 Å². The van der Waals surface area contributed by atoms with E-state index in [0.29, 0.717) is 0 Å². The van der Waals surface area contributed by atoms with Crippen molar-refractivity contribution in [2.75, 3.05) is 48.9 Å². The predicted molar refractivity (Wildman–Crippen MR) is 113 cm³/mol. The van der Waals surface area contributed by atoms with E-state index in [-0.39, 0.29) is 0 Å². The van der Waals surface area contributed by atoms with Crippen LogP contribution in [0.5, 0.6) is 0 Å². The number of anilines is 2. The molecule has 26 heavy (non-hydrogen) atoms. The van der Waals surface area contributed by atoms with Crippen molar-refractivity contribution >= 4 is 44.9 Å². The number of hydrogen-bond donors (Lipinski definition) is 0. The van der Waals surface area contributed by atoms with Crippen molar-refractivity contribution < 1.29 is 0 Å². The van der Waals surface area contributed by atoms with E-state index in [0.717, 1.165) is 38.6 Å². The second-order valence-corrected chi connectivity index (χ2v) is 8.83. The van der Waals surface area contributed by atoms with Crippen LogP contribution in [0.1, 0.15) is 5.56 Å². The topological polar surface area (TPSA) is 22.6 Å². The van der Waals surface area contributed by atoms with E-state index in [1.807, 2.05) is 11.8 Å². The van der Waals surface area contributed by atoms with E-state index in [9.17, 15) is 0 Å². The molecule has 0 spiro atoms. The Morgan fingerprint density at radius 1 is 1.04 bits per heavy atom. The molecule has 0 unspecified atom stereocenters. The van der Waals surface area contributed by atoms with Crippen molar-refractivity contribution in [2.45, 2.75) is 11.4 Å². The molecule has 0 N–H and O–H groups in total. The first-order valence-electron chi connectivity index (χ1n) is 9.06. The molecule has 1 saturated heterocycles. The Bertz CT molecular complexity index is 930. The zero-order valence-electron chi connectivity index (χ0n) is 14.9. The van der Waals surface area contributed by atoms with E-state index in [1.165, 1.54) is 32.1 Å². The van der Waals surface area contributed by atoms with Gasteiger partial charge in [-0.1, -0.05) is 18.2 Å². The number of aromatic nitrogens is 1. The predicted octanol–water partition coefficient (Wildman–Crippen LogP) is 4.12. The van der Waals surface area contributed by atoms with Gasteiger partial charge in [-0.2, -0.15) is 4.37 Å². The van der Waals surface area contributed by atoms with Crippen LogP contribution in [0.2, 0.25) is 0 Å². The fourth-order valence-corrected chi connectivity index (χ4v) is 5.67. The van der Waals surface area contributed by atoms with Gasteiger partial charge in [0, 0.05) is 50.1 Å². The summed E-state index contributed by atoms with van der Waals surface area (Å²) >= 11 is 3.55. The average molecular weight is 383 g/mol. The normalized spacial score (nSPS) is 17.9. The first kappa shape index (κ1) is 16.4. The van der Waals surface area contributed by atoms with Crippen molar-refractivity contribution in [3.63, 3.8) is 0 Å². The molecule has 0 aliphatic carbocycles. The molecular formula is C20H22N4S2. The van der Waals surface area contributed by atoms with Crippen LogP contribution < -0.4 is 9.80 Å². The Kier molecular flexibility index (Phi) is 4.27. The smallest absolute Gasteiger partial charge is 0.150 e. The summed E-state index contributed by atoms with van der Waals surface area (Å²) in [5.74, 6) is 2.24. The lowest BCUT2D eigenvalue weighted by atomic mass is 10.1. The quantitative estimate of drug-likeness (QED) is 0.678. The Balaban J connectivity index is 1.25. The van der Waals surface area contributed by atoms with E-state index in [4.69, 9.17) is 4.37 Å². The van der Waals surface area contributed by atoms with Crippen LogP contribution in [0, 0.1) is 0 Å². The van der Waals surface area contributed by atoms with E-state index >= 15 is 0 Å². The highest BCUT2D eigenvalue weighted by molar-refractivity contribution is 7.99. The molecule has 3 aromatic rings. The lowest BCUT2D eigenvalue weighted by Gasteiger charge is -2.35. The summed E-state index contributed by atoms with van der Waals surface area (Å²) in [5.41, 5.74) is 2.80. The monoisotopic (exact) mass is 382 g/mol. The summed E-state index contributed by atoms with van der Waals surface area (Å²) < 4.78 is 6.00. The van der Waals surface area contributed by atoms with Gasteiger partial charge in [-0.3, -0.25) is 4.90 Å². The molecule has 0 bridgehead atoms. The Morgan fingerprint density at radius 2 is 1.88 bits per heavy atom. The molecule has 6 heteroatoms. The minimum Gasteiger partial charge on any atom is -0.364 e. The van der Waals surface area contributed by atoms with Crippen LogP contribution in [0.25, 0.3) is 10.1 Å². The van der Waals surface area contributed by atoms with E-state index < -0.39 is 0 Å². The van der Waals surface area contributed by atoms with Crippen LogP contribution in [0.4, 0.5) is 11.5 Å². The molecular weight excluding hydrogens is 360 g/mol. The molecule has 0 amide bonds. The average Bonchev–Trinajstić information content (AvgIpc) is 3.26. The van der Waals surface area contributed by atoms with Crippen molar-refractivity contribution in [3.05, 3.63) is 48.0 Å². The zero-order valence-corrected chi connectivity index (χ0v) is 16.5. The zero-order chi connectivity index (χ0) is 17.5. The highest BCUT2D eigenvalue weighted by Gasteiger charge is 2.22. The summed E-state index contributed by atoms with van der Waals surface area (Å²) in [5, 5.41) is 1.30. The van der Waals surface area contributed by atoms with Gasteiger partial charge in [0.15, 0.2) is 0 Å². The first-order valence-corrected chi connectivity index (χ1v) is 10.8. The number of thioether (sulfide) groups is 1. The highest BCUT2D eigenvalue weighted by atomic mass is 32.2. The fraction of sp³-hybridized carbons (Fsp3) is 0.350. The first-order chi connectivity index (χ1) is 12.8. The lowest BCUT2D eigenvalue weighted by molar-refractivity contribution is 0.249. The molecule has 2 aromatic carbocycles. The summed E-state index contributed by atoms with van der Waals surface area (Å²) in [7, 11) is 2.17. The van der Waals surface area contributed by atoms with Gasteiger partial charge in [-0.15, -0.1) is 11.8 Å². The van der Waals surface area contributed by atoms with Crippen molar-refractivity contribution in [3.8, 4) is 0 Å². The number of fused-ring (bicyclic) bond motifs is 2. The molecule has 5 rings (SSSR count). The summed E-state index contributed by atoms with van der Waals surface area (Å²) in [6.07, 6.45) is 0. The summed E-state index contributed by atoms with van der Waals surface area (Å²) in [4.78, 5) is 8.76. The molecule has 0 saturated carbocycles. The summed E-state index contributed by atoms with van der Waals surface area (Å²) in [6.45, 7) is 5.33. The third-order valence-corrected chi connectivity index (χ3v) is 7.26. The molecule has 1 aromatic heterocycles. The second kappa shape index (κ2) is 6.76. The van der Waals surface area contributed by atoms with Crippen LogP contribution in [-0.4, -0.2) is 48.4 Å². The number of rotatable bonds is 3. The molecule has 2 aliphatic heterocycles. The lowest BCUT2D eigenvalue weighted by Crippen LogP contribution is -2.46. The molecule has 134 valence electrons. The van der Waals surface area contributed by atoms with Gasteiger partial charge in [-0.05, 0) is 41.4 Å². The van der Waals surface area contributed by atoms with Crippen molar-refractivity contribution in [1.82, 2.24) is 9.27 Å². The molecule has 1 fully saturated rings. The maximum atomic E-state index is 4.72. The largest absolute Gasteiger partial charge is 0.364 e. The molecule has 0 radical (unpaired) electrons. The maximum absolute atomic E-state index is 4.72. The number of hydrogen-bond acceptors (Lipinski definition) is 6. The van der Waals surface area contributed by atoms with Gasteiger partial charge in [0.2, 0.25) is 0 Å².